The second-order valence-electron chi connectivity index (χ2n) is 4.39. The first-order valence-electron chi connectivity index (χ1n) is 6.53. The molecule has 0 aromatic heterocycles. The fraction of sp³-hybridized carbons (Fsp3) is 0.833. The van der Waals surface area contributed by atoms with Gasteiger partial charge in [0.2, 0.25) is 0 Å². The zero-order valence-corrected chi connectivity index (χ0v) is 11.4. The monoisotopic (exact) mass is 259 g/mol. The number of hydrogen-bond acceptors (Lipinski definition) is 3. The minimum Gasteiger partial charge on any atom is -0.480 e. The Bertz CT molecular complexity index is 247. The summed E-state index contributed by atoms with van der Waals surface area (Å²) in [4.78, 5) is 21.7. The van der Waals surface area contributed by atoms with Gasteiger partial charge in [-0.3, -0.25) is 10.2 Å². The lowest BCUT2D eigenvalue weighted by Crippen LogP contribution is -2.47. The molecule has 0 aliphatic heterocycles. The molecule has 0 heterocycles. The van der Waals surface area contributed by atoms with Crippen molar-refractivity contribution in [1.82, 2.24) is 15.8 Å². The summed E-state index contributed by atoms with van der Waals surface area (Å²) in [6, 6.07) is -0.354. The van der Waals surface area contributed by atoms with Crippen LogP contribution < -0.4 is 10.7 Å². The van der Waals surface area contributed by atoms with Crippen LogP contribution in [0.5, 0.6) is 0 Å². The first-order valence-corrected chi connectivity index (χ1v) is 6.53. The number of hydrazine groups is 1. The number of carboxylic acid groups (broad SMARTS) is 1. The molecule has 2 amide bonds. The Kier molecular flexibility index (Phi) is 10.0. The van der Waals surface area contributed by atoms with Crippen LogP contribution in [-0.4, -0.2) is 42.3 Å². The van der Waals surface area contributed by atoms with Gasteiger partial charge in [0.25, 0.3) is 0 Å². The maximum atomic E-state index is 11.3. The van der Waals surface area contributed by atoms with Gasteiger partial charge < -0.3 is 10.4 Å². The smallest absolute Gasteiger partial charge is 0.329 e. The average Bonchev–Trinajstić information content (AvgIpc) is 2.26. The molecule has 106 valence electrons. The lowest BCUT2D eigenvalue weighted by atomic mass is 10.1. The highest BCUT2D eigenvalue weighted by molar-refractivity contribution is 5.74. The van der Waals surface area contributed by atoms with Crippen molar-refractivity contribution in [1.29, 1.82) is 0 Å². The Morgan fingerprint density at radius 1 is 1.11 bits per heavy atom. The standard InChI is InChI=1S/C12H25N3O3/c1-3-4-5-6-7-8-9-13-12(18)14-15(2)10-11(16)17/h3-10H2,1-2H3,(H,16,17)(H2,13,14,18). The van der Waals surface area contributed by atoms with E-state index < -0.39 is 5.97 Å². The van der Waals surface area contributed by atoms with E-state index in [9.17, 15) is 9.59 Å². The van der Waals surface area contributed by atoms with E-state index in [1.807, 2.05) is 0 Å². The van der Waals surface area contributed by atoms with Crippen molar-refractivity contribution in [3.05, 3.63) is 0 Å². The molecule has 6 heteroatoms. The van der Waals surface area contributed by atoms with Gasteiger partial charge in [-0.1, -0.05) is 39.0 Å². The molecule has 0 aliphatic carbocycles. The highest BCUT2D eigenvalue weighted by Crippen LogP contribution is 2.03. The van der Waals surface area contributed by atoms with E-state index in [2.05, 4.69) is 17.7 Å². The Morgan fingerprint density at radius 3 is 2.33 bits per heavy atom. The van der Waals surface area contributed by atoms with Crippen LogP contribution in [0.2, 0.25) is 0 Å². The number of urea groups is 1. The van der Waals surface area contributed by atoms with E-state index in [1.54, 1.807) is 0 Å². The highest BCUT2D eigenvalue weighted by atomic mass is 16.4. The minimum absolute atomic E-state index is 0.218. The van der Waals surface area contributed by atoms with Crippen molar-refractivity contribution in [2.45, 2.75) is 45.4 Å². The molecule has 0 spiro atoms. The summed E-state index contributed by atoms with van der Waals surface area (Å²) < 4.78 is 0. The van der Waals surface area contributed by atoms with E-state index in [1.165, 1.54) is 37.7 Å². The summed E-state index contributed by atoms with van der Waals surface area (Å²) in [5.74, 6) is -0.978. The molecule has 0 fully saturated rings. The first-order chi connectivity index (χ1) is 8.56. The number of nitrogens with one attached hydrogen (secondary N) is 2. The number of likely N-dealkylation sites (N-methyl/N-ethyl adjacent to an activating group) is 1. The van der Waals surface area contributed by atoms with E-state index in [4.69, 9.17) is 5.11 Å². The third-order valence-corrected chi connectivity index (χ3v) is 2.48. The fourth-order valence-corrected chi connectivity index (χ4v) is 1.56. The van der Waals surface area contributed by atoms with Crippen LogP contribution in [0.15, 0.2) is 0 Å². The van der Waals surface area contributed by atoms with Gasteiger partial charge in [0.05, 0.1) is 0 Å². The topological polar surface area (TPSA) is 81.7 Å². The van der Waals surface area contributed by atoms with Gasteiger partial charge in [0.15, 0.2) is 0 Å². The molecule has 0 atom stereocenters. The van der Waals surface area contributed by atoms with Crippen molar-refractivity contribution >= 4 is 12.0 Å². The molecule has 0 unspecified atom stereocenters. The first kappa shape index (κ1) is 16.7. The number of hydrogen-bond donors (Lipinski definition) is 3. The van der Waals surface area contributed by atoms with Gasteiger partial charge in [-0.05, 0) is 6.42 Å². The molecule has 0 rings (SSSR count). The summed E-state index contributed by atoms with van der Waals surface area (Å²) in [5.41, 5.74) is 2.42. The minimum atomic E-state index is -0.978. The van der Waals surface area contributed by atoms with Gasteiger partial charge >= 0.3 is 12.0 Å². The molecule has 18 heavy (non-hydrogen) atoms. The average molecular weight is 259 g/mol. The van der Waals surface area contributed by atoms with E-state index >= 15 is 0 Å². The largest absolute Gasteiger partial charge is 0.480 e. The number of unbranched alkanes of at least 4 members (excludes halogenated alkanes) is 5. The molecule has 0 radical (unpaired) electrons. The van der Waals surface area contributed by atoms with Crippen molar-refractivity contribution in [3.8, 4) is 0 Å². The molecule has 0 aromatic rings. The van der Waals surface area contributed by atoms with Gasteiger partial charge in [-0.2, -0.15) is 0 Å². The van der Waals surface area contributed by atoms with E-state index in [-0.39, 0.29) is 12.6 Å². The maximum Gasteiger partial charge on any atom is 0.329 e. The molecule has 0 bridgehead atoms. The Hall–Kier alpha value is -1.30. The number of carboxylic acids is 1. The molecule has 0 saturated carbocycles. The van der Waals surface area contributed by atoms with Crippen molar-refractivity contribution in [2.75, 3.05) is 20.1 Å². The zero-order valence-electron chi connectivity index (χ0n) is 11.4. The van der Waals surface area contributed by atoms with Crippen molar-refractivity contribution in [2.24, 2.45) is 0 Å². The summed E-state index contributed by atoms with van der Waals surface area (Å²) in [6.45, 7) is 2.59. The summed E-state index contributed by atoms with van der Waals surface area (Å²) in [6.07, 6.45) is 7.04. The van der Waals surface area contributed by atoms with Crippen LogP contribution in [0, 0.1) is 0 Å². The molecule has 0 aromatic carbocycles. The molecular formula is C12H25N3O3. The zero-order chi connectivity index (χ0) is 13.8. The second-order valence-corrected chi connectivity index (χ2v) is 4.39. The molecule has 6 nitrogen and oxygen atoms in total. The SMILES string of the molecule is CCCCCCCCNC(=O)NN(C)CC(=O)O. The summed E-state index contributed by atoms with van der Waals surface area (Å²) in [7, 11) is 1.51. The summed E-state index contributed by atoms with van der Waals surface area (Å²) in [5, 5.41) is 12.4. The van der Waals surface area contributed by atoms with Crippen molar-refractivity contribution < 1.29 is 14.7 Å². The van der Waals surface area contributed by atoms with Crippen LogP contribution in [0.1, 0.15) is 45.4 Å². The quantitative estimate of drug-likeness (QED) is 0.411. The number of carbonyl (C=O) groups excluding carboxylic acids is 1. The number of rotatable bonds is 10. The highest BCUT2D eigenvalue weighted by Gasteiger charge is 2.06. The third kappa shape index (κ3) is 11.2. The van der Waals surface area contributed by atoms with Crippen LogP contribution in [0.4, 0.5) is 4.79 Å². The Morgan fingerprint density at radius 2 is 1.72 bits per heavy atom. The Labute approximate surface area is 109 Å². The fourth-order valence-electron chi connectivity index (χ4n) is 1.56. The number of amides is 2. The molecule has 3 N–H and O–H groups in total. The number of carbonyl (C=O) groups is 2. The molecular weight excluding hydrogens is 234 g/mol. The lowest BCUT2D eigenvalue weighted by molar-refractivity contribution is -0.138. The lowest BCUT2D eigenvalue weighted by Gasteiger charge is -2.15. The van der Waals surface area contributed by atoms with Gasteiger partial charge in [0, 0.05) is 13.6 Å². The molecule has 0 aliphatic rings. The molecule has 0 saturated heterocycles. The van der Waals surface area contributed by atoms with Gasteiger partial charge in [-0.25, -0.2) is 9.80 Å². The predicted molar refractivity (Wildman–Crippen MR) is 70.2 cm³/mol. The number of nitrogens with zero attached hydrogens (tertiary/aromatic N) is 1. The van der Waals surface area contributed by atoms with Crippen LogP contribution in [-0.2, 0) is 4.79 Å². The van der Waals surface area contributed by atoms with Gasteiger partial charge in [0.1, 0.15) is 6.54 Å². The summed E-state index contributed by atoms with van der Waals surface area (Å²) >= 11 is 0. The predicted octanol–water partition coefficient (Wildman–Crippen LogP) is 1.58. The van der Waals surface area contributed by atoms with Crippen molar-refractivity contribution in [3.63, 3.8) is 0 Å². The van der Waals surface area contributed by atoms with Gasteiger partial charge in [-0.15, -0.1) is 0 Å². The van der Waals surface area contributed by atoms with E-state index in [0.29, 0.717) is 6.54 Å². The normalized spacial score (nSPS) is 10.4. The Balaban J connectivity index is 3.39. The maximum absolute atomic E-state index is 11.3. The van der Waals surface area contributed by atoms with Crippen LogP contribution in [0.25, 0.3) is 0 Å². The third-order valence-electron chi connectivity index (χ3n) is 2.48. The second kappa shape index (κ2) is 10.8. The number of aliphatic carboxylic acids is 1. The van der Waals surface area contributed by atoms with Crippen LogP contribution >= 0.6 is 0 Å². The van der Waals surface area contributed by atoms with Crippen LogP contribution in [0.3, 0.4) is 0 Å². The van der Waals surface area contributed by atoms with E-state index in [0.717, 1.165) is 12.8 Å².